The SMILES string of the molecule is CCN(C(=O)C1CCNC1C)c1cc(O)ccc1C. The Balaban J connectivity index is 2.28. The van der Waals surface area contributed by atoms with Crippen molar-refractivity contribution in [3.05, 3.63) is 23.8 Å². The molecule has 0 aliphatic carbocycles. The molecule has 1 heterocycles. The monoisotopic (exact) mass is 262 g/mol. The van der Waals surface area contributed by atoms with Gasteiger partial charge in [0, 0.05) is 18.7 Å². The molecule has 4 heteroatoms. The summed E-state index contributed by atoms with van der Waals surface area (Å²) in [5.74, 6) is 0.375. The van der Waals surface area contributed by atoms with E-state index >= 15 is 0 Å². The number of nitrogens with zero attached hydrogens (tertiary/aromatic N) is 1. The van der Waals surface area contributed by atoms with Gasteiger partial charge in [0.2, 0.25) is 5.91 Å². The van der Waals surface area contributed by atoms with Crippen molar-refractivity contribution in [2.75, 3.05) is 18.0 Å². The number of aryl methyl sites for hydroxylation is 1. The van der Waals surface area contributed by atoms with Crippen molar-refractivity contribution in [3.8, 4) is 5.75 Å². The Morgan fingerprint density at radius 3 is 2.84 bits per heavy atom. The minimum atomic E-state index is 0.0294. The van der Waals surface area contributed by atoms with Crippen LogP contribution in [-0.2, 0) is 4.79 Å². The van der Waals surface area contributed by atoms with Crippen LogP contribution < -0.4 is 10.2 Å². The van der Waals surface area contributed by atoms with Crippen LogP contribution in [-0.4, -0.2) is 30.1 Å². The molecule has 1 saturated heterocycles. The minimum Gasteiger partial charge on any atom is -0.508 e. The zero-order valence-corrected chi connectivity index (χ0v) is 11.8. The fourth-order valence-corrected chi connectivity index (χ4v) is 2.73. The molecule has 0 spiro atoms. The number of phenols is 1. The standard InChI is InChI=1S/C15H22N2O2/c1-4-17(14-9-12(18)6-5-10(14)2)15(19)13-7-8-16-11(13)3/h5-6,9,11,13,16,18H,4,7-8H2,1-3H3. The molecule has 0 saturated carbocycles. The van der Waals surface area contributed by atoms with Gasteiger partial charge in [-0.15, -0.1) is 0 Å². The molecule has 2 N–H and O–H groups in total. The van der Waals surface area contributed by atoms with E-state index in [-0.39, 0.29) is 23.6 Å². The zero-order chi connectivity index (χ0) is 14.0. The van der Waals surface area contributed by atoms with Crippen LogP contribution in [0.15, 0.2) is 18.2 Å². The fraction of sp³-hybridized carbons (Fsp3) is 0.533. The summed E-state index contributed by atoms with van der Waals surface area (Å²) in [6.07, 6.45) is 0.883. The van der Waals surface area contributed by atoms with Crippen LogP contribution in [0.1, 0.15) is 25.8 Å². The Morgan fingerprint density at radius 1 is 1.53 bits per heavy atom. The second kappa shape index (κ2) is 5.61. The molecule has 0 aromatic heterocycles. The van der Waals surface area contributed by atoms with Crippen LogP contribution >= 0.6 is 0 Å². The van der Waals surface area contributed by atoms with E-state index in [1.165, 1.54) is 0 Å². The van der Waals surface area contributed by atoms with Crippen LogP contribution in [0.5, 0.6) is 5.75 Å². The molecule has 1 aromatic rings. The first-order valence-electron chi connectivity index (χ1n) is 6.89. The van der Waals surface area contributed by atoms with E-state index in [4.69, 9.17) is 0 Å². The molecule has 1 aliphatic heterocycles. The van der Waals surface area contributed by atoms with E-state index in [2.05, 4.69) is 12.2 Å². The second-order valence-electron chi connectivity index (χ2n) is 5.19. The summed E-state index contributed by atoms with van der Waals surface area (Å²) >= 11 is 0. The largest absolute Gasteiger partial charge is 0.508 e. The summed E-state index contributed by atoms with van der Waals surface area (Å²) in [4.78, 5) is 14.4. The molecule has 0 bridgehead atoms. The van der Waals surface area contributed by atoms with Gasteiger partial charge in [0.25, 0.3) is 0 Å². The van der Waals surface area contributed by atoms with E-state index in [0.717, 1.165) is 24.2 Å². The Labute approximate surface area is 114 Å². The first-order chi connectivity index (χ1) is 9.04. The van der Waals surface area contributed by atoms with Crippen LogP contribution in [0, 0.1) is 12.8 Å². The number of aromatic hydroxyl groups is 1. The molecule has 2 rings (SSSR count). The number of benzene rings is 1. The summed E-state index contributed by atoms with van der Waals surface area (Å²) in [6, 6.07) is 5.39. The maximum atomic E-state index is 12.7. The van der Waals surface area contributed by atoms with E-state index in [9.17, 15) is 9.90 Å². The smallest absolute Gasteiger partial charge is 0.231 e. The van der Waals surface area contributed by atoms with E-state index in [0.29, 0.717) is 6.54 Å². The third kappa shape index (κ3) is 2.73. The number of nitrogens with one attached hydrogen (secondary N) is 1. The number of amides is 1. The lowest BCUT2D eigenvalue weighted by molar-refractivity contribution is -0.122. The maximum absolute atomic E-state index is 12.7. The van der Waals surface area contributed by atoms with Gasteiger partial charge in [-0.2, -0.15) is 0 Å². The average molecular weight is 262 g/mol. The molecule has 2 unspecified atom stereocenters. The lowest BCUT2D eigenvalue weighted by Crippen LogP contribution is -2.40. The zero-order valence-electron chi connectivity index (χ0n) is 11.8. The van der Waals surface area contributed by atoms with Crippen LogP contribution in [0.3, 0.4) is 0 Å². The van der Waals surface area contributed by atoms with Gasteiger partial charge in [-0.3, -0.25) is 4.79 Å². The normalized spacial score (nSPS) is 22.5. The number of carbonyl (C=O) groups excluding carboxylic acids is 1. The Morgan fingerprint density at radius 2 is 2.26 bits per heavy atom. The molecule has 1 amide bonds. The third-order valence-electron chi connectivity index (χ3n) is 3.91. The van der Waals surface area contributed by atoms with Gasteiger partial charge in [-0.25, -0.2) is 0 Å². The van der Waals surface area contributed by atoms with Crippen LogP contribution in [0.25, 0.3) is 0 Å². The van der Waals surface area contributed by atoms with Crippen molar-refractivity contribution in [2.45, 2.75) is 33.2 Å². The lowest BCUT2D eigenvalue weighted by atomic mass is 9.99. The number of hydrogen-bond donors (Lipinski definition) is 2. The van der Waals surface area contributed by atoms with Gasteiger partial charge in [0.05, 0.1) is 11.6 Å². The highest BCUT2D eigenvalue weighted by Crippen LogP contribution is 2.28. The summed E-state index contributed by atoms with van der Waals surface area (Å²) in [5.41, 5.74) is 1.82. The molecule has 1 aromatic carbocycles. The molecule has 1 aliphatic rings. The Kier molecular flexibility index (Phi) is 4.10. The Bertz CT molecular complexity index is 473. The molecule has 2 atom stereocenters. The highest BCUT2D eigenvalue weighted by Gasteiger charge is 2.33. The Hall–Kier alpha value is -1.55. The van der Waals surface area contributed by atoms with Gasteiger partial charge < -0.3 is 15.3 Å². The summed E-state index contributed by atoms with van der Waals surface area (Å²) in [6.45, 7) is 7.49. The third-order valence-corrected chi connectivity index (χ3v) is 3.91. The van der Waals surface area contributed by atoms with Crippen molar-refractivity contribution in [1.82, 2.24) is 5.32 Å². The lowest BCUT2D eigenvalue weighted by Gasteiger charge is -2.27. The van der Waals surface area contributed by atoms with Gasteiger partial charge >= 0.3 is 0 Å². The number of phenolic OH excluding ortho intramolecular Hbond substituents is 1. The van der Waals surface area contributed by atoms with Crippen LogP contribution in [0.2, 0.25) is 0 Å². The van der Waals surface area contributed by atoms with Crippen molar-refractivity contribution in [3.63, 3.8) is 0 Å². The molecule has 0 radical (unpaired) electrons. The number of carbonyl (C=O) groups is 1. The summed E-state index contributed by atoms with van der Waals surface area (Å²) in [7, 11) is 0. The van der Waals surface area contributed by atoms with Gasteiger partial charge in [0.1, 0.15) is 5.75 Å². The molecular formula is C15H22N2O2. The number of rotatable bonds is 3. The van der Waals surface area contributed by atoms with Crippen molar-refractivity contribution < 1.29 is 9.90 Å². The molecule has 1 fully saturated rings. The summed E-state index contributed by atoms with van der Waals surface area (Å²) < 4.78 is 0. The average Bonchev–Trinajstić information content (AvgIpc) is 2.80. The predicted octanol–water partition coefficient (Wildman–Crippen LogP) is 2.05. The van der Waals surface area contributed by atoms with Gasteiger partial charge in [0.15, 0.2) is 0 Å². The highest BCUT2D eigenvalue weighted by molar-refractivity contribution is 5.96. The maximum Gasteiger partial charge on any atom is 0.231 e. The molecule has 4 nitrogen and oxygen atoms in total. The van der Waals surface area contributed by atoms with E-state index < -0.39 is 0 Å². The minimum absolute atomic E-state index is 0.0294. The number of hydrogen-bond acceptors (Lipinski definition) is 3. The van der Waals surface area contributed by atoms with Gasteiger partial charge in [-0.05, 0) is 45.4 Å². The van der Waals surface area contributed by atoms with Crippen molar-refractivity contribution in [2.24, 2.45) is 5.92 Å². The summed E-state index contributed by atoms with van der Waals surface area (Å²) in [5, 5.41) is 12.9. The topological polar surface area (TPSA) is 52.6 Å². The van der Waals surface area contributed by atoms with Crippen molar-refractivity contribution in [1.29, 1.82) is 0 Å². The first-order valence-corrected chi connectivity index (χ1v) is 6.89. The highest BCUT2D eigenvalue weighted by atomic mass is 16.3. The first kappa shape index (κ1) is 13.9. The van der Waals surface area contributed by atoms with Crippen LogP contribution in [0.4, 0.5) is 5.69 Å². The van der Waals surface area contributed by atoms with Crippen molar-refractivity contribution >= 4 is 11.6 Å². The molecular weight excluding hydrogens is 240 g/mol. The molecule has 19 heavy (non-hydrogen) atoms. The van der Waals surface area contributed by atoms with E-state index in [1.54, 1.807) is 17.0 Å². The predicted molar refractivity (Wildman–Crippen MR) is 76.4 cm³/mol. The fourth-order valence-electron chi connectivity index (χ4n) is 2.73. The molecule has 104 valence electrons. The quantitative estimate of drug-likeness (QED) is 0.876. The number of anilines is 1. The van der Waals surface area contributed by atoms with E-state index in [1.807, 2.05) is 19.9 Å². The second-order valence-corrected chi connectivity index (χ2v) is 5.19. The van der Waals surface area contributed by atoms with Gasteiger partial charge in [-0.1, -0.05) is 6.07 Å².